The van der Waals surface area contributed by atoms with Gasteiger partial charge in [-0.25, -0.2) is 0 Å². The third-order valence-corrected chi connectivity index (χ3v) is 4.89. The van der Waals surface area contributed by atoms with Crippen LogP contribution >= 0.6 is 0 Å². The predicted molar refractivity (Wildman–Crippen MR) is 109 cm³/mol. The number of rotatable bonds is 9. The lowest BCUT2D eigenvalue weighted by atomic mass is 10.0. The van der Waals surface area contributed by atoms with Gasteiger partial charge in [0.05, 0.1) is 32.3 Å². The van der Waals surface area contributed by atoms with Crippen molar-refractivity contribution in [1.29, 1.82) is 0 Å². The summed E-state index contributed by atoms with van der Waals surface area (Å²) in [4.78, 5) is 24.8. The standard InChI is InChI=1S/C21H26N2O6/c1-14(16-7-6-8-17(13-16)23(25)26)22(2)20(24)10-9-15-11-18(27-3)21(29-5)19(12-15)28-4/h6-8,11-14H,9-10H2,1-5H3/t14-/m0/s1. The number of benzene rings is 2. The number of carbonyl (C=O) groups is 1. The largest absolute Gasteiger partial charge is 0.493 e. The maximum atomic E-state index is 12.7. The molecule has 0 unspecified atom stereocenters. The second-order valence-corrected chi connectivity index (χ2v) is 6.57. The molecule has 0 spiro atoms. The number of ether oxygens (including phenoxy) is 3. The average molecular weight is 402 g/mol. The van der Waals surface area contributed by atoms with E-state index in [1.165, 1.54) is 19.2 Å². The van der Waals surface area contributed by atoms with Crippen LogP contribution in [0.25, 0.3) is 0 Å². The topological polar surface area (TPSA) is 91.1 Å². The zero-order chi connectivity index (χ0) is 21.6. The van der Waals surface area contributed by atoms with E-state index in [9.17, 15) is 14.9 Å². The molecule has 0 aliphatic heterocycles. The molecule has 2 aromatic rings. The van der Waals surface area contributed by atoms with E-state index in [-0.39, 0.29) is 24.1 Å². The van der Waals surface area contributed by atoms with Gasteiger partial charge in [0.25, 0.3) is 5.69 Å². The van der Waals surface area contributed by atoms with E-state index in [0.717, 1.165) is 5.56 Å². The van der Waals surface area contributed by atoms with Crippen LogP contribution in [0.15, 0.2) is 36.4 Å². The summed E-state index contributed by atoms with van der Waals surface area (Å²) in [5.41, 5.74) is 1.60. The van der Waals surface area contributed by atoms with Gasteiger partial charge in [-0.1, -0.05) is 12.1 Å². The first kappa shape index (κ1) is 22.0. The van der Waals surface area contributed by atoms with Crippen molar-refractivity contribution in [3.63, 3.8) is 0 Å². The molecule has 156 valence electrons. The molecule has 0 fully saturated rings. The Morgan fingerprint density at radius 1 is 1.10 bits per heavy atom. The van der Waals surface area contributed by atoms with Gasteiger partial charge in [-0.3, -0.25) is 14.9 Å². The van der Waals surface area contributed by atoms with Crippen LogP contribution in [0.4, 0.5) is 5.69 Å². The molecule has 2 aromatic carbocycles. The molecule has 8 heteroatoms. The molecule has 0 N–H and O–H groups in total. The van der Waals surface area contributed by atoms with Gasteiger partial charge in [-0.2, -0.15) is 0 Å². The fourth-order valence-corrected chi connectivity index (χ4v) is 3.05. The zero-order valence-corrected chi connectivity index (χ0v) is 17.3. The highest BCUT2D eigenvalue weighted by molar-refractivity contribution is 5.76. The van der Waals surface area contributed by atoms with Crippen molar-refractivity contribution in [1.82, 2.24) is 4.90 Å². The predicted octanol–water partition coefficient (Wildman–Crippen LogP) is 3.77. The lowest BCUT2D eigenvalue weighted by Crippen LogP contribution is -2.29. The van der Waals surface area contributed by atoms with Crippen molar-refractivity contribution < 1.29 is 23.9 Å². The van der Waals surface area contributed by atoms with Crippen LogP contribution in [0.5, 0.6) is 17.2 Å². The molecule has 1 amide bonds. The van der Waals surface area contributed by atoms with E-state index in [2.05, 4.69) is 0 Å². The van der Waals surface area contributed by atoms with Crippen molar-refractivity contribution >= 4 is 11.6 Å². The van der Waals surface area contributed by atoms with Gasteiger partial charge in [0.15, 0.2) is 11.5 Å². The summed E-state index contributed by atoms with van der Waals surface area (Å²) in [7, 11) is 6.32. The summed E-state index contributed by atoms with van der Waals surface area (Å²) in [6.45, 7) is 1.84. The van der Waals surface area contributed by atoms with Gasteiger partial charge in [0, 0.05) is 25.6 Å². The Labute approximate surface area is 170 Å². The number of nitro benzene ring substituents is 1. The van der Waals surface area contributed by atoms with Crippen LogP contribution in [0, 0.1) is 10.1 Å². The van der Waals surface area contributed by atoms with E-state index < -0.39 is 4.92 Å². The van der Waals surface area contributed by atoms with Gasteiger partial charge in [-0.05, 0) is 36.6 Å². The first-order valence-electron chi connectivity index (χ1n) is 9.11. The van der Waals surface area contributed by atoms with Gasteiger partial charge in [-0.15, -0.1) is 0 Å². The SMILES string of the molecule is COc1cc(CCC(=O)N(C)[C@@H](C)c2cccc([N+](=O)[O-])c2)cc(OC)c1OC. The molecule has 0 saturated heterocycles. The number of methoxy groups -OCH3 is 3. The van der Waals surface area contributed by atoms with Gasteiger partial charge >= 0.3 is 0 Å². The molecule has 29 heavy (non-hydrogen) atoms. The Morgan fingerprint density at radius 2 is 1.72 bits per heavy atom. The van der Waals surface area contributed by atoms with Crippen molar-refractivity contribution in [2.45, 2.75) is 25.8 Å². The molecule has 0 heterocycles. The third kappa shape index (κ3) is 5.16. The number of amides is 1. The summed E-state index contributed by atoms with van der Waals surface area (Å²) in [5, 5.41) is 11.0. The monoisotopic (exact) mass is 402 g/mol. The highest BCUT2D eigenvalue weighted by Crippen LogP contribution is 2.38. The minimum absolute atomic E-state index is 0.00706. The van der Waals surface area contributed by atoms with Crippen LogP contribution in [0.2, 0.25) is 0 Å². The van der Waals surface area contributed by atoms with Gasteiger partial charge in [0.1, 0.15) is 0 Å². The molecule has 0 radical (unpaired) electrons. The van der Waals surface area contributed by atoms with Crippen molar-refractivity contribution in [2.24, 2.45) is 0 Å². The summed E-state index contributed by atoms with van der Waals surface area (Å²) in [6.07, 6.45) is 0.760. The first-order chi connectivity index (χ1) is 13.8. The second kappa shape index (κ2) is 9.77. The number of aryl methyl sites for hydroxylation is 1. The zero-order valence-electron chi connectivity index (χ0n) is 17.3. The fraction of sp³-hybridized carbons (Fsp3) is 0.381. The quantitative estimate of drug-likeness (QED) is 0.468. The van der Waals surface area contributed by atoms with Crippen molar-refractivity contribution in [2.75, 3.05) is 28.4 Å². The maximum Gasteiger partial charge on any atom is 0.269 e. The lowest BCUT2D eigenvalue weighted by molar-refractivity contribution is -0.384. The molecule has 1 atom stereocenters. The Kier molecular flexibility index (Phi) is 7.41. The van der Waals surface area contributed by atoms with Crippen molar-refractivity contribution in [3.05, 3.63) is 57.6 Å². The minimum atomic E-state index is -0.442. The summed E-state index contributed by atoms with van der Waals surface area (Å²) >= 11 is 0. The number of hydrogen-bond donors (Lipinski definition) is 0. The fourth-order valence-electron chi connectivity index (χ4n) is 3.05. The van der Waals surface area contributed by atoms with Gasteiger partial charge < -0.3 is 19.1 Å². The summed E-state index contributed by atoms with van der Waals surface area (Å²) < 4.78 is 16.0. The van der Waals surface area contributed by atoms with Crippen LogP contribution in [0.1, 0.15) is 30.5 Å². The van der Waals surface area contributed by atoms with E-state index >= 15 is 0 Å². The number of nitrogens with zero attached hydrogens (tertiary/aromatic N) is 2. The molecule has 0 aliphatic carbocycles. The van der Waals surface area contributed by atoms with E-state index in [1.807, 2.05) is 19.1 Å². The van der Waals surface area contributed by atoms with Crippen LogP contribution in [-0.2, 0) is 11.2 Å². The van der Waals surface area contributed by atoms with Crippen molar-refractivity contribution in [3.8, 4) is 17.2 Å². The molecule has 0 aromatic heterocycles. The normalized spacial score (nSPS) is 11.5. The van der Waals surface area contributed by atoms with Crippen LogP contribution in [-0.4, -0.2) is 44.1 Å². The lowest BCUT2D eigenvalue weighted by Gasteiger charge is -2.25. The molecule has 2 rings (SSSR count). The Morgan fingerprint density at radius 3 is 2.24 bits per heavy atom. The second-order valence-electron chi connectivity index (χ2n) is 6.57. The van der Waals surface area contributed by atoms with Gasteiger partial charge in [0.2, 0.25) is 11.7 Å². The maximum absolute atomic E-state index is 12.7. The van der Waals surface area contributed by atoms with Crippen LogP contribution < -0.4 is 14.2 Å². The van der Waals surface area contributed by atoms with E-state index in [0.29, 0.717) is 29.2 Å². The number of non-ortho nitro benzene ring substituents is 1. The number of nitro groups is 1. The highest BCUT2D eigenvalue weighted by Gasteiger charge is 2.20. The summed E-state index contributed by atoms with van der Waals surface area (Å²) in [5.74, 6) is 1.50. The average Bonchev–Trinajstić information content (AvgIpc) is 2.75. The molecule has 0 bridgehead atoms. The Hall–Kier alpha value is -3.29. The Balaban J connectivity index is 2.10. The Bertz CT molecular complexity index is 858. The number of carbonyl (C=O) groups excluding carboxylic acids is 1. The molecule has 0 aliphatic rings. The molecular weight excluding hydrogens is 376 g/mol. The molecule has 8 nitrogen and oxygen atoms in total. The number of hydrogen-bond acceptors (Lipinski definition) is 6. The third-order valence-electron chi connectivity index (χ3n) is 4.89. The summed E-state index contributed by atoms with van der Waals surface area (Å²) in [6, 6.07) is 9.67. The minimum Gasteiger partial charge on any atom is -0.493 e. The van der Waals surface area contributed by atoms with E-state index in [1.54, 1.807) is 38.3 Å². The highest BCUT2D eigenvalue weighted by atomic mass is 16.6. The van der Waals surface area contributed by atoms with E-state index in [4.69, 9.17) is 14.2 Å². The first-order valence-corrected chi connectivity index (χ1v) is 9.11. The van der Waals surface area contributed by atoms with Crippen LogP contribution in [0.3, 0.4) is 0 Å². The smallest absolute Gasteiger partial charge is 0.269 e. The molecular formula is C21H26N2O6. The molecule has 0 saturated carbocycles.